The summed E-state index contributed by atoms with van der Waals surface area (Å²) >= 11 is 0. The monoisotopic (exact) mass is 498 g/mol. The number of ether oxygens (including phenoxy) is 1. The summed E-state index contributed by atoms with van der Waals surface area (Å²) in [6, 6.07) is 11.1. The van der Waals surface area contributed by atoms with E-state index in [2.05, 4.69) is 30.2 Å². The average Bonchev–Trinajstić information content (AvgIpc) is 3.20. The number of likely N-dealkylation sites (N-methyl/N-ethyl adjacent to an activating group) is 1. The first-order chi connectivity index (χ1) is 17.7. The molecule has 2 fully saturated rings. The van der Waals surface area contributed by atoms with E-state index in [0.717, 1.165) is 28.8 Å². The van der Waals surface area contributed by atoms with Crippen molar-refractivity contribution >= 4 is 5.91 Å². The Kier molecular flexibility index (Phi) is 5.45. The number of aliphatic hydroxyl groups is 1. The fourth-order valence-electron chi connectivity index (χ4n) is 7.92. The molecule has 4 aliphatic rings. The van der Waals surface area contributed by atoms with Crippen LogP contribution in [0.15, 0.2) is 49.1 Å². The van der Waals surface area contributed by atoms with Gasteiger partial charge in [0.1, 0.15) is 6.10 Å². The summed E-state index contributed by atoms with van der Waals surface area (Å²) in [5.74, 6) is 6.10. The normalized spacial score (nSPS) is 33.0. The lowest BCUT2D eigenvalue weighted by Crippen LogP contribution is -2.79. The van der Waals surface area contributed by atoms with Gasteiger partial charge < -0.3 is 19.8 Å². The fraction of sp³-hybridized carbons (Fsp3) is 0.452. The van der Waals surface area contributed by atoms with Crippen molar-refractivity contribution in [1.29, 1.82) is 0 Å². The highest BCUT2D eigenvalue weighted by molar-refractivity contribution is 5.94. The van der Waals surface area contributed by atoms with Crippen LogP contribution in [0.1, 0.15) is 42.0 Å². The molecule has 0 unspecified atom stereocenters. The van der Waals surface area contributed by atoms with Crippen LogP contribution in [-0.4, -0.2) is 69.8 Å². The number of rotatable bonds is 3. The van der Waals surface area contributed by atoms with Gasteiger partial charge in [-0.3, -0.25) is 9.69 Å². The first kappa shape index (κ1) is 24.1. The maximum Gasteiger partial charge on any atom is 0.298 e. The molecule has 2 aromatic carbocycles. The Bertz CT molecular complexity index is 1360. The van der Waals surface area contributed by atoms with Crippen LogP contribution in [0.5, 0.6) is 11.5 Å². The number of piperidine rings is 1. The lowest BCUT2D eigenvalue weighted by Gasteiger charge is -2.65. The third-order valence-electron chi connectivity index (χ3n) is 9.36. The number of hydrogen-bond donors (Lipinski definition) is 2. The molecule has 6 rings (SSSR count). The molecule has 192 valence electrons. The van der Waals surface area contributed by atoms with E-state index in [1.807, 2.05) is 43.3 Å². The number of carbonyl (C=O) groups is 1. The number of phenolic OH excluding ortho intramolecular Hbond substituents is 1. The summed E-state index contributed by atoms with van der Waals surface area (Å²) in [4.78, 5) is 17.4. The minimum atomic E-state index is -1.04. The molecular weight excluding hydrogens is 464 g/mol. The summed E-state index contributed by atoms with van der Waals surface area (Å²) in [6.07, 6.45) is 3.33. The SMILES string of the molecule is C=CCN1CC[C@]23c4c5ccc(O)c4O[C@H]2[C@@H](N(C)C(=O)C#Cc2cccc(C)c2)[C@H](C)C[C@@]3(O)[C@H]1C5. The average molecular weight is 499 g/mol. The number of aryl methyl sites for hydroxylation is 1. The van der Waals surface area contributed by atoms with Gasteiger partial charge in [0.25, 0.3) is 5.91 Å². The highest BCUT2D eigenvalue weighted by atomic mass is 16.5. The van der Waals surface area contributed by atoms with Crippen LogP contribution in [0, 0.1) is 24.7 Å². The van der Waals surface area contributed by atoms with Gasteiger partial charge in [-0.15, -0.1) is 6.58 Å². The zero-order valence-electron chi connectivity index (χ0n) is 21.7. The summed E-state index contributed by atoms with van der Waals surface area (Å²) in [5.41, 5.74) is 2.20. The van der Waals surface area contributed by atoms with Gasteiger partial charge in [0.15, 0.2) is 11.5 Å². The zero-order chi connectivity index (χ0) is 26.1. The molecule has 1 saturated carbocycles. The van der Waals surface area contributed by atoms with Gasteiger partial charge in [0, 0.05) is 36.7 Å². The minimum absolute atomic E-state index is 0.0398. The standard InChI is InChI=1S/C31H34N2O4/c1-5-14-33-15-13-30-26-22-10-11-23(34)28(26)37-29(30)27(20(3)18-31(30,36)24(33)17-22)32(4)25(35)12-9-21-8-6-7-19(2)16-21/h5-8,10-11,16,20,24,27,29,34,36H,1,13-15,17-18H2,2-4H3/t20-,24-,27+,29+,30+,31-/m1/s1. The van der Waals surface area contributed by atoms with Crippen molar-refractivity contribution in [3.8, 4) is 23.3 Å². The smallest absolute Gasteiger partial charge is 0.298 e. The predicted octanol–water partition coefficient (Wildman–Crippen LogP) is 3.17. The van der Waals surface area contributed by atoms with E-state index in [1.54, 1.807) is 18.0 Å². The van der Waals surface area contributed by atoms with Crippen LogP contribution in [0.25, 0.3) is 0 Å². The molecule has 1 saturated heterocycles. The van der Waals surface area contributed by atoms with Gasteiger partial charge in [0.05, 0.1) is 17.1 Å². The molecule has 2 N–H and O–H groups in total. The molecule has 2 aromatic rings. The van der Waals surface area contributed by atoms with E-state index in [1.165, 1.54) is 0 Å². The van der Waals surface area contributed by atoms with E-state index in [-0.39, 0.29) is 29.7 Å². The Morgan fingerprint density at radius 2 is 2.16 bits per heavy atom. The highest BCUT2D eigenvalue weighted by Gasteiger charge is 2.74. The van der Waals surface area contributed by atoms with E-state index >= 15 is 0 Å². The van der Waals surface area contributed by atoms with Crippen molar-refractivity contribution in [2.45, 2.75) is 62.3 Å². The van der Waals surface area contributed by atoms with Gasteiger partial charge in [-0.05, 0) is 68.0 Å². The third-order valence-corrected chi connectivity index (χ3v) is 9.36. The Balaban J connectivity index is 1.43. The Hall–Kier alpha value is -3.27. The van der Waals surface area contributed by atoms with E-state index in [9.17, 15) is 15.0 Å². The number of carbonyl (C=O) groups excluding carboxylic acids is 1. The second-order valence-corrected chi connectivity index (χ2v) is 11.3. The van der Waals surface area contributed by atoms with Crippen molar-refractivity contribution in [3.05, 3.63) is 71.3 Å². The number of hydrogen-bond acceptors (Lipinski definition) is 5. The molecule has 6 nitrogen and oxygen atoms in total. The van der Waals surface area contributed by atoms with Crippen molar-refractivity contribution < 1.29 is 19.7 Å². The summed E-state index contributed by atoms with van der Waals surface area (Å²) < 4.78 is 6.61. The van der Waals surface area contributed by atoms with Crippen molar-refractivity contribution in [1.82, 2.24) is 9.80 Å². The zero-order valence-corrected chi connectivity index (χ0v) is 21.7. The van der Waals surface area contributed by atoms with Crippen molar-refractivity contribution in [2.75, 3.05) is 20.1 Å². The molecule has 2 heterocycles. The van der Waals surface area contributed by atoms with Gasteiger partial charge in [-0.1, -0.05) is 37.1 Å². The number of nitrogens with zero attached hydrogens (tertiary/aromatic N) is 2. The fourth-order valence-corrected chi connectivity index (χ4v) is 7.92. The largest absolute Gasteiger partial charge is 0.504 e. The maximum absolute atomic E-state index is 13.4. The molecule has 6 heteroatoms. The Labute approximate surface area is 218 Å². The van der Waals surface area contributed by atoms with Crippen LogP contribution >= 0.6 is 0 Å². The third kappa shape index (κ3) is 3.24. The molecule has 37 heavy (non-hydrogen) atoms. The molecule has 2 aliphatic carbocycles. The van der Waals surface area contributed by atoms with Crippen LogP contribution in [0.4, 0.5) is 0 Å². The summed E-state index contributed by atoms with van der Waals surface area (Å²) in [6.45, 7) is 9.53. The van der Waals surface area contributed by atoms with Gasteiger partial charge in [-0.25, -0.2) is 0 Å². The molecule has 2 bridgehead atoms. The molecular formula is C31H34N2O4. The van der Waals surface area contributed by atoms with Crippen LogP contribution in [-0.2, 0) is 16.6 Å². The van der Waals surface area contributed by atoms with Crippen LogP contribution < -0.4 is 4.74 Å². The Morgan fingerprint density at radius 1 is 1.35 bits per heavy atom. The van der Waals surface area contributed by atoms with E-state index in [4.69, 9.17) is 4.74 Å². The predicted molar refractivity (Wildman–Crippen MR) is 141 cm³/mol. The van der Waals surface area contributed by atoms with Gasteiger partial charge in [-0.2, -0.15) is 0 Å². The van der Waals surface area contributed by atoms with Crippen LogP contribution in [0.3, 0.4) is 0 Å². The molecule has 6 atom stereocenters. The maximum atomic E-state index is 13.4. The number of amides is 1. The Morgan fingerprint density at radius 3 is 2.92 bits per heavy atom. The lowest BCUT2D eigenvalue weighted by molar-refractivity contribution is -0.210. The summed E-state index contributed by atoms with van der Waals surface area (Å²) in [5, 5.41) is 23.4. The first-order valence-corrected chi connectivity index (χ1v) is 13.2. The molecule has 1 amide bonds. The quantitative estimate of drug-likeness (QED) is 0.503. The molecule has 0 radical (unpaired) electrons. The lowest BCUT2D eigenvalue weighted by atomic mass is 9.46. The summed E-state index contributed by atoms with van der Waals surface area (Å²) in [7, 11) is 1.79. The van der Waals surface area contributed by atoms with Crippen LogP contribution in [0.2, 0.25) is 0 Å². The number of likely N-dealkylation sites (tertiary alicyclic amines) is 1. The minimum Gasteiger partial charge on any atom is -0.504 e. The molecule has 2 aliphatic heterocycles. The number of aromatic hydroxyl groups is 1. The second kappa shape index (κ2) is 8.37. The van der Waals surface area contributed by atoms with Gasteiger partial charge >= 0.3 is 0 Å². The van der Waals surface area contributed by atoms with Crippen molar-refractivity contribution in [2.24, 2.45) is 5.92 Å². The highest BCUT2D eigenvalue weighted by Crippen LogP contribution is 2.66. The molecule has 0 aromatic heterocycles. The first-order valence-electron chi connectivity index (χ1n) is 13.2. The van der Waals surface area contributed by atoms with Gasteiger partial charge in [0.2, 0.25) is 0 Å². The van der Waals surface area contributed by atoms with E-state index in [0.29, 0.717) is 31.6 Å². The number of benzene rings is 2. The molecule has 1 spiro atoms. The van der Waals surface area contributed by atoms with Crippen molar-refractivity contribution in [3.63, 3.8) is 0 Å². The second-order valence-electron chi connectivity index (χ2n) is 11.3. The topological polar surface area (TPSA) is 73.2 Å². The van der Waals surface area contributed by atoms with E-state index < -0.39 is 17.1 Å². The number of phenols is 1.